The Morgan fingerprint density at radius 2 is 1.80 bits per heavy atom. The summed E-state index contributed by atoms with van der Waals surface area (Å²) in [6.45, 7) is 7.76. The van der Waals surface area contributed by atoms with Crippen molar-refractivity contribution in [3.8, 4) is 5.69 Å². The van der Waals surface area contributed by atoms with Crippen molar-refractivity contribution < 1.29 is 14.7 Å². The van der Waals surface area contributed by atoms with Crippen molar-refractivity contribution in [3.63, 3.8) is 0 Å². The largest absolute Gasteiger partial charge is 0.478 e. The normalized spacial score (nSPS) is 16.6. The van der Waals surface area contributed by atoms with Crippen molar-refractivity contribution >= 4 is 40.6 Å². The van der Waals surface area contributed by atoms with E-state index in [1.807, 2.05) is 80.8 Å². The molecule has 40 heavy (non-hydrogen) atoms. The van der Waals surface area contributed by atoms with Gasteiger partial charge in [-0.3, -0.25) is 9.78 Å². The van der Waals surface area contributed by atoms with Gasteiger partial charge in [0.05, 0.1) is 29.0 Å². The molecular weight excluding hydrogens is 522 g/mol. The summed E-state index contributed by atoms with van der Waals surface area (Å²) in [5, 5.41) is 16.9. The Morgan fingerprint density at radius 1 is 1.05 bits per heavy atom. The number of anilines is 2. The zero-order valence-electron chi connectivity index (χ0n) is 22.8. The molecule has 0 spiro atoms. The second kappa shape index (κ2) is 10.9. The Morgan fingerprint density at radius 3 is 2.48 bits per heavy atom. The first-order chi connectivity index (χ1) is 19.2. The number of rotatable bonds is 7. The standard InChI is InChI=1S/C31H31N5O3S/c1-5-27(37)33-24-14-13-21(16-18(24)2)36-29(28(34-31(36)40)25-11-8-9-15-32-25)23-17-19(3)35(20(23)4)26-12-7-6-10-22(26)30(38)39/h6-17,28-29H,5H2,1-4H3,(H,33,37)(H,34,40)(H,38,39)/t28-,29-/m0/s1. The molecule has 5 rings (SSSR count). The average molecular weight is 554 g/mol. The van der Waals surface area contributed by atoms with E-state index in [9.17, 15) is 14.7 Å². The number of carbonyl (C=O) groups is 2. The molecule has 3 heterocycles. The number of carboxylic acid groups (broad SMARTS) is 1. The topological polar surface area (TPSA) is 99.5 Å². The van der Waals surface area contributed by atoms with E-state index in [4.69, 9.17) is 12.2 Å². The number of pyridine rings is 1. The molecule has 1 aliphatic heterocycles. The lowest BCUT2D eigenvalue weighted by molar-refractivity contribution is -0.115. The predicted octanol–water partition coefficient (Wildman–Crippen LogP) is 6.02. The number of para-hydroxylation sites is 1. The highest BCUT2D eigenvalue weighted by atomic mass is 32.1. The van der Waals surface area contributed by atoms with Gasteiger partial charge in [0.15, 0.2) is 5.11 Å². The number of carbonyl (C=O) groups excluding carboxylic acids is 1. The van der Waals surface area contributed by atoms with Gasteiger partial charge in [0, 0.05) is 35.4 Å². The van der Waals surface area contributed by atoms with Gasteiger partial charge >= 0.3 is 5.97 Å². The Labute approximate surface area is 238 Å². The number of aryl methyl sites for hydroxylation is 2. The molecule has 204 valence electrons. The van der Waals surface area contributed by atoms with E-state index in [1.54, 1.807) is 18.3 Å². The summed E-state index contributed by atoms with van der Waals surface area (Å²) in [5.41, 5.74) is 7.07. The van der Waals surface area contributed by atoms with Crippen LogP contribution in [0.25, 0.3) is 5.69 Å². The quantitative estimate of drug-likeness (QED) is 0.241. The van der Waals surface area contributed by atoms with Crippen LogP contribution in [-0.2, 0) is 4.79 Å². The van der Waals surface area contributed by atoms with Gasteiger partial charge in [0.25, 0.3) is 0 Å². The molecular formula is C31H31N5O3S. The molecule has 4 aromatic rings. The summed E-state index contributed by atoms with van der Waals surface area (Å²) in [6.07, 6.45) is 2.16. The maximum absolute atomic E-state index is 12.1. The molecule has 1 fully saturated rings. The SMILES string of the molecule is CCC(=O)Nc1ccc(N2C(=S)N[C@@H](c3ccccn3)[C@@H]2c2cc(C)n(-c3ccccc3C(=O)O)c2C)cc1C. The van der Waals surface area contributed by atoms with E-state index in [0.717, 1.165) is 39.6 Å². The van der Waals surface area contributed by atoms with E-state index < -0.39 is 5.97 Å². The average Bonchev–Trinajstić information content (AvgIpc) is 3.44. The van der Waals surface area contributed by atoms with Gasteiger partial charge < -0.3 is 25.2 Å². The lowest BCUT2D eigenvalue weighted by Crippen LogP contribution is -2.29. The van der Waals surface area contributed by atoms with E-state index in [0.29, 0.717) is 17.2 Å². The number of aromatic nitrogens is 2. The number of nitrogens with one attached hydrogen (secondary N) is 2. The first-order valence-electron chi connectivity index (χ1n) is 13.1. The minimum atomic E-state index is -0.980. The number of carboxylic acids is 1. The summed E-state index contributed by atoms with van der Waals surface area (Å²) in [5.74, 6) is -1.02. The number of amides is 1. The van der Waals surface area contributed by atoms with Crippen molar-refractivity contribution in [1.29, 1.82) is 0 Å². The van der Waals surface area contributed by atoms with Gasteiger partial charge in [-0.2, -0.15) is 0 Å². The number of nitrogens with zero attached hydrogens (tertiary/aromatic N) is 3. The fourth-order valence-electron chi connectivity index (χ4n) is 5.43. The van der Waals surface area contributed by atoms with Crippen molar-refractivity contribution in [2.75, 3.05) is 10.2 Å². The van der Waals surface area contributed by atoms with Crippen LogP contribution in [0.3, 0.4) is 0 Å². The van der Waals surface area contributed by atoms with E-state index in [2.05, 4.69) is 26.6 Å². The van der Waals surface area contributed by atoms with Crippen LogP contribution in [0, 0.1) is 20.8 Å². The highest BCUT2D eigenvalue weighted by Crippen LogP contribution is 2.44. The molecule has 2 atom stereocenters. The van der Waals surface area contributed by atoms with E-state index in [1.165, 1.54) is 0 Å². The highest BCUT2D eigenvalue weighted by Gasteiger charge is 2.42. The Kier molecular flexibility index (Phi) is 7.40. The molecule has 9 heteroatoms. The van der Waals surface area contributed by atoms with Crippen LogP contribution in [0.1, 0.15) is 64.0 Å². The zero-order chi connectivity index (χ0) is 28.6. The second-order valence-electron chi connectivity index (χ2n) is 9.88. The summed E-state index contributed by atoms with van der Waals surface area (Å²) >= 11 is 5.91. The third-order valence-electron chi connectivity index (χ3n) is 7.35. The lowest BCUT2D eigenvalue weighted by Gasteiger charge is -2.29. The molecule has 3 N–H and O–H groups in total. The fourth-order valence-corrected chi connectivity index (χ4v) is 5.78. The van der Waals surface area contributed by atoms with Crippen LogP contribution in [0.15, 0.2) is 72.9 Å². The summed E-state index contributed by atoms with van der Waals surface area (Å²) in [4.78, 5) is 30.8. The van der Waals surface area contributed by atoms with Crippen LogP contribution < -0.4 is 15.5 Å². The maximum atomic E-state index is 12.1. The number of aromatic carboxylic acids is 1. The molecule has 0 aliphatic carbocycles. The maximum Gasteiger partial charge on any atom is 0.337 e. The van der Waals surface area contributed by atoms with Crippen molar-refractivity contribution in [2.24, 2.45) is 0 Å². The Bertz CT molecular complexity index is 1610. The van der Waals surface area contributed by atoms with Gasteiger partial charge in [-0.05, 0) is 92.6 Å². The van der Waals surface area contributed by atoms with Gasteiger partial charge in [-0.1, -0.05) is 25.1 Å². The molecule has 0 bridgehead atoms. The molecule has 0 saturated carbocycles. The Hall–Kier alpha value is -4.50. The highest BCUT2D eigenvalue weighted by molar-refractivity contribution is 7.80. The molecule has 1 amide bonds. The summed E-state index contributed by atoms with van der Waals surface area (Å²) in [7, 11) is 0. The zero-order valence-corrected chi connectivity index (χ0v) is 23.6. The van der Waals surface area contributed by atoms with Crippen molar-refractivity contribution in [1.82, 2.24) is 14.9 Å². The minimum absolute atomic E-state index is 0.0450. The number of hydrogen-bond acceptors (Lipinski definition) is 4. The van der Waals surface area contributed by atoms with Crippen LogP contribution >= 0.6 is 12.2 Å². The first-order valence-corrected chi connectivity index (χ1v) is 13.5. The molecule has 8 nitrogen and oxygen atoms in total. The molecule has 0 radical (unpaired) electrons. The molecule has 1 saturated heterocycles. The van der Waals surface area contributed by atoms with Crippen LogP contribution in [0.4, 0.5) is 11.4 Å². The van der Waals surface area contributed by atoms with Gasteiger partial charge in [0.2, 0.25) is 5.91 Å². The van der Waals surface area contributed by atoms with Crippen molar-refractivity contribution in [2.45, 2.75) is 46.2 Å². The smallest absolute Gasteiger partial charge is 0.337 e. The van der Waals surface area contributed by atoms with Crippen molar-refractivity contribution in [3.05, 3.63) is 107 Å². The first kappa shape index (κ1) is 27.1. The summed E-state index contributed by atoms with van der Waals surface area (Å²) in [6, 6.07) is 20.3. The minimum Gasteiger partial charge on any atom is -0.478 e. The predicted molar refractivity (Wildman–Crippen MR) is 160 cm³/mol. The van der Waals surface area contributed by atoms with E-state index in [-0.39, 0.29) is 23.6 Å². The van der Waals surface area contributed by atoms with Gasteiger partial charge in [-0.25, -0.2) is 4.79 Å². The third-order valence-corrected chi connectivity index (χ3v) is 7.66. The molecule has 1 aliphatic rings. The van der Waals surface area contributed by atoms with Crippen LogP contribution in [0.5, 0.6) is 0 Å². The third kappa shape index (κ3) is 4.84. The van der Waals surface area contributed by atoms with Crippen LogP contribution in [-0.4, -0.2) is 31.6 Å². The number of benzene rings is 2. The van der Waals surface area contributed by atoms with E-state index >= 15 is 0 Å². The number of thiocarbonyl (C=S) groups is 1. The number of hydrogen-bond donors (Lipinski definition) is 3. The molecule has 0 unspecified atom stereocenters. The van der Waals surface area contributed by atoms with Crippen LogP contribution in [0.2, 0.25) is 0 Å². The van der Waals surface area contributed by atoms with Gasteiger partial charge in [-0.15, -0.1) is 0 Å². The lowest BCUT2D eigenvalue weighted by atomic mass is 9.96. The fraction of sp³-hybridized carbons (Fsp3) is 0.226. The Balaban J connectivity index is 1.66. The van der Waals surface area contributed by atoms with Gasteiger partial charge in [0.1, 0.15) is 0 Å². The summed E-state index contributed by atoms with van der Waals surface area (Å²) < 4.78 is 1.99. The molecule has 2 aromatic carbocycles. The monoisotopic (exact) mass is 553 g/mol. The second-order valence-corrected chi connectivity index (χ2v) is 10.3. The molecule has 2 aromatic heterocycles.